The van der Waals surface area contributed by atoms with E-state index >= 15 is 0 Å². The maximum absolute atomic E-state index is 5.62. The lowest BCUT2D eigenvalue weighted by atomic mass is 9.92. The van der Waals surface area contributed by atoms with E-state index in [0.717, 1.165) is 89.0 Å². The van der Waals surface area contributed by atoms with Gasteiger partial charge in [-0.15, -0.1) is 0 Å². The average molecular weight is 854 g/mol. The zero-order valence-corrected chi connectivity index (χ0v) is 36.7. The Hall–Kier alpha value is -8.92. The summed E-state index contributed by atoms with van der Waals surface area (Å²) >= 11 is 0. The summed E-state index contributed by atoms with van der Waals surface area (Å²) < 4.78 is 2.29. The number of aromatic nitrogens is 3. The molecule has 10 aromatic carbocycles. The lowest BCUT2D eigenvalue weighted by Crippen LogP contribution is -2.00. The van der Waals surface area contributed by atoms with Crippen LogP contribution in [0, 0.1) is 0 Å². The molecule has 0 N–H and O–H groups in total. The summed E-state index contributed by atoms with van der Waals surface area (Å²) in [4.78, 5) is 11.2. The van der Waals surface area contributed by atoms with E-state index in [1.54, 1.807) is 0 Å². The summed E-state index contributed by atoms with van der Waals surface area (Å²) in [5, 5.41) is 2.12. The fraction of sp³-hybridized carbons (Fsp3) is 0. The topological polar surface area (TPSA) is 30.7 Å². The van der Waals surface area contributed by atoms with Gasteiger partial charge in [-0.05, 0) is 133 Å². The zero-order chi connectivity index (χ0) is 44.5. The van der Waals surface area contributed by atoms with Gasteiger partial charge in [0.2, 0.25) is 0 Å². The van der Waals surface area contributed by atoms with Gasteiger partial charge in [-0.3, -0.25) is 4.57 Å². The van der Waals surface area contributed by atoms with E-state index in [2.05, 4.69) is 265 Å². The number of nitrogens with zero attached hydrogens (tertiary/aromatic N) is 3. The number of benzene rings is 10. The fourth-order valence-corrected chi connectivity index (χ4v) is 9.49. The molecule has 12 aromatic rings. The third-order valence-corrected chi connectivity index (χ3v) is 12.7. The van der Waals surface area contributed by atoms with Crippen molar-refractivity contribution in [2.24, 2.45) is 0 Å². The first kappa shape index (κ1) is 39.7. The molecule has 67 heavy (non-hydrogen) atoms. The molecule has 314 valence electrons. The quantitative estimate of drug-likeness (QED) is 0.145. The van der Waals surface area contributed by atoms with Crippen molar-refractivity contribution in [2.75, 3.05) is 0 Å². The predicted octanol–water partition coefficient (Wildman–Crippen LogP) is 16.9. The van der Waals surface area contributed by atoms with Crippen molar-refractivity contribution in [3.63, 3.8) is 0 Å². The van der Waals surface area contributed by atoms with Crippen molar-refractivity contribution >= 4 is 21.9 Å². The normalized spacial score (nSPS) is 11.3. The Morgan fingerprint density at radius 2 is 0.597 bits per heavy atom. The van der Waals surface area contributed by atoms with E-state index in [-0.39, 0.29) is 0 Å². The fourth-order valence-electron chi connectivity index (χ4n) is 9.49. The molecule has 2 aromatic heterocycles. The number of hydrogen-bond donors (Lipinski definition) is 0. The molecule has 3 nitrogen and oxygen atoms in total. The summed E-state index contributed by atoms with van der Waals surface area (Å²) in [6.45, 7) is 0. The standard InChI is InChI=1S/C64H43N3/c1-6-20-44(21-7-1)52-38-53(45-22-8-2-9-23-45)41-56(40-52)50-30-18-28-48(36-50)49-29-19-31-51(37-49)63-65-62(61-59-34-16-17-35-60(59)67(64(61)66-63)58-32-14-5-15-33-58)57-42-54(46-24-10-3-11-25-46)39-55(43-57)47-26-12-4-13-27-47/h1-43H. The van der Waals surface area contributed by atoms with Gasteiger partial charge >= 0.3 is 0 Å². The highest BCUT2D eigenvalue weighted by molar-refractivity contribution is 6.14. The van der Waals surface area contributed by atoms with Crippen LogP contribution in [0.3, 0.4) is 0 Å². The molecule has 2 heterocycles. The highest BCUT2D eigenvalue weighted by atomic mass is 15.1. The number of hydrogen-bond acceptors (Lipinski definition) is 2. The Morgan fingerprint density at radius 1 is 0.254 bits per heavy atom. The Morgan fingerprint density at radius 3 is 1.09 bits per heavy atom. The van der Waals surface area contributed by atoms with Crippen LogP contribution in [0.15, 0.2) is 261 Å². The van der Waals surface area contributed by atoms with Crippen molar-refractivity contribution in [1.82, 2.24) is 14.5 Å². The van der Waals surface area contributed by atoms with Crippen LogP contribution in [0.25, 0.3) is 117 Å². The molecule has 0 unspecified atom stereocenters. The van der Waals surface area contributed by atoms with Gasteiger partial charge in [-0.1, -0.05) is 194 Å². The van der Waals surface area contributed by atoms with Gasteiger partial charge in [-0.25, -0.2) is 9.97 Å². The van der Waals surface area contributed by atoms with Gasteiger partial charge in [0.15, 0.2) is 5.82 Å². The van der Waals surface area contributed by atoms with Crippen LogP contribution in [-0.2, 0) is 0 Å². The molecule has 0 bridgehead atoms. The van der Waals surface area contributed by atoms with E-state index in [9.17, 15) is 0 Å². The second-order valence-corrected chi connectivity index (χ2v) is 17.0. The molecule has 12 rings (SSSR count). The molecule has 0 atom stereocenters. The predicted molar refractivity (Wildman–Crippen MR) is 280 cm³/mol. The molecular formula is C64H43N3. The van der Waals surface area contributed by atoms with Crippen LogP contribution in [0.1, 0.15) is 0 Å². The third kappa shape index (κ3) is 7.69. The number of rotatable bonds is 9. The third-order valence-electron chi connectivity index (χ3n) is 12.7. The van der Waals surface area contributed by atoms with Crippen LogP contribution in [0.4, 0.5) is 0 Å². The van der Waals surface area contributed by atoms with Crippen LogP contribution in [0.2, 0.25) is 0 Å². The average Bonchev–Trinajstić information content (AvgIpc) is 3.76. The molecular weight excluding hydrogens is 811 g/mol. The SMILES string of the molecule is c1ccc(-c2cc(-c3ccccc3)cc(-c3cccc(-c4cccc(-c5nc(-c6cc(-c7ccccc7)cc(-c7ccccc7)c6)c6c7ccccc7n(-c7ccccc7)c6n5)c4)c3)c2)cc1. The summed E-state index contributed by atoms with van der Waals surface area (Å²) in [6.07, 6.45) is 0. The monoisotopic (exact) mass is 853 g/mol. The maximum atomic E-state index is 5.62. The van der Waals surface area contributed by atoms with Gasteiger partial charge in [0.25, 0.3) is 0 Å². The van der Waals surface area contributed by atoms with Gasteiger partial charge in [-0.2, -0.15) is 0 Å². The highest BCUT2D eigenvalue weighted by Crippen LogP contribution is 2.42. The van der Waals surface area contributed by atoms with E-state index in [1.165, 1.54) is 22.3 Å². The molecule has 0 spiro atoms. The maximum Gasteiger partial charge on any atom is 0.162 e. The van der Waals surface area contributed by atoms with Crippen LogP contribution in [0.5, 0.6) is 0 Å². The first-order chi connectivity index (χ1) is 33.2. The van der Waals surface area contributed by atoms with Gasteiger partial charge in [0.05, 0.1) is 16.6 Å². The van der Waals surface area contributed by atoms with Gasteiger partial charge < -0.3 is 0 Å². The van der Waals surface area contributed by atoms with Crippen molar-refractivity contribution in [1.29, 1.82) is 0 Å². The lowest BCUT2D eigenvalue weighted by Gasteiger charge is -2.14. The minimum atomic E-state index is 0.662. The molecule has 0 saturated heterocycles. The van der Waals surface area contributed by atoms with Crippen molar-refractivity contribution < 1.29 is 0 Å². The summed E-state index contributed by atoms with van der Waals surface area (Å²) in [5.41, 5.74) is 19.7. The minimum absolute atomic E-state index is 0.662. The van der Waals surface area contributed by atoms with Crippen molar-refractivity contribution in [3.05, 3.63) is 261 Å². The molecule has 0 fully saturated rings. The molecule has 0 radical (unpaired) electrons. The van der Waals surface area contributed by atoms with E-state index in [0.29, 0.717) is 5.82 Å². The number of para-hydroxylation sites is 2. The Balaban J connectivity index is 1.04. The highest BCUT2D eigenvalue weighted by Gasteiger charge is 2.22. The van der Waals surface area contributed by atoms with Crippen LogP contribution < -0.4 is 0 Å². The summed E-state index contributed by atoms with van der Waals surface area (Å²) in [7, 11) is 0. The molecule has 0 aliphatic carbocycles. The zero-order valence-electron chi connectivity index (χ0n) is 36.7. The van der Waals surface area contributed by atoms with E-state index in [4.69, 9.17) is 9.97 Å². The first-order valence-electron chi connectivity index (χ1n) is 22.8. The summed E-state index contributed by atoms with van der Waals surface area (Å²) in [5.74, 6) is 0.662. The minimum Gasteiger partial charge on any atom is -0.294 e. The second kappa shape index (κ2) is 17.2. The van der Waals surface area contributed by atoms with Gasteiger partial charge in [0, 0.05) is 22.2 Å². The van der Waals surface area contributed by atoms with E-state index < -0.39 is 0 Å². The number of fused-ring (bicyclic) bond motifs is 3. The van der Waals surface area contributed by atoms with Crippen LogP contribution in [-0.4, -0.2) is 14.5 Å². The smallest absolute Gasteiger partial charge is 0.162 e. The Kier molecular flexibility index (Phi) is 10.2. The lowest BCUT2D eigenvalue weighted by molar-refractivity contribution is 1.11. The largest absolute Gasteiger partial charge is 0.294 e. The Bertz CT molecular complexity index is 3600. The Labute approximate surface area is 390 Å². The molecule has 0 aliphatic rings. The molecule has 0 amide bonds. The summed E-state index contributed by atoms with van der Waals surface area (Å²) in [6, 6.07) is 93.1. The van der Waals surface area contributed by atoms with Crippen molar-refractivity contribution in [2.45, 2.75) is 0 Å². The molecule has 3 heteroatoms. The second-order valence-electron chi connectivity index (χ2n) is 17.0. The first-order valence-corrected chi connectivity index (χ1v) is 22.8. The van der Waals surface area contributed by atoms with Gasteiger partial charge in [0.1, 0.15) is 5.65 Å². The van der Waals surface area contributed by atoms with Crippen LogP contribution >= 0.6 is 0 Å². The van der Waals surface area contributed by atoms with Crippen molar-refractivity contribution in [3.8, 4) is 95.1 Å². The molecule has 0 saturated carbocycles. The van der Waals surface area contributed by atoms with E-state index in [1.807, 2.05) is 0 Å². The molecule has 0 aliphatic heterocycles.